The van der Waals surface area contributed by atoms with Crippen LogP contribution >= 0.6 is 11.6 Å². The molecule has 98 valence electrons. The molecule has 1 aliphatic rings. The number of carbonyl (C=O) groups is 1. The summed E-state index contributed by atoms with van der Waals surface area (Å²) in [6, 6.07) is 5.90. The van der Waals surface area contributed by atoms with Crippen LogP contribution in [0.4, 0.5) is 0 Å². The van der Waals surface area contributed by atoms with Crippen molar-refractivity contribution in [3.8, 4) is 0 Å². The molecular weight excluding hydrogens is 246 g/mol. The molecule has 1 aliphatic heterocycles. The molecule has 2 rings (SSSR count). The molecule has 0 spiro atoms. The number of hydrogen-bond acceptors (Lipinski definition) is 2. The van der Waals surface area contributed by atoms with E-state index < -0.39 is 0 Å². The van der Waals surface area contributed by atoms with Crippen LogP contribution in [0.25, 0.3) is 0 Å². The number of nitrogens with one attached hydrogen (secondary N) is 1. The van der Waals surface area contributed by atoms with Crippen molar-refractivity contribution >= 4 is 17.4 Å². The second-order valence-electron chi connectivity index (χ2n) is 5.23. The molecule has 1 heterocycles. The SMILES string of the molecule is Cc1ccc(CC(=O)CC2CCCNC2)c(Cl)c1. The van der Waals surface area contributed by atoms with Crippen molar-refractivity contribution in [3.63, 3.8) is 0 Å². The van der Waals surface area contributed by atoms with Gasteiger partial charge in [0, 0.05) is 17.9 Å². The first-order chi connectivity index (χ1) is 8.65. The third-order valence-electron chi connectivity index (χ3n) is 3.51. The molecule has 1 aromatic rings. The lowest BCUT2D eigenvalue weighted by atomic mass is 9.92. The summed E-state index contributed by atoms with van der Waals surface area (Å²) >= 11 is 6.15. The number of carbonyl (C=O) groups excluding carboxylic acids is 1. The summed E-state index contributed by atoms with van der Waals surface area (Å²) in [5.41, 5.74) is 2.09. The molecule has 3 heteroatoms. The number of benzene rings is 1. The minimum absolute atomic E-state index is 0.300. The number of rotatable bonds is 4. The van der Waals surface area contributed by atoms with Crippen LogP contribution in [0.2, 0.25) is 5.02 Å². The molecule has 2 nitrogen and oxygen atoms in total. The average molecular weight is 266 g/mol. The summed E-state index contributed by atoms with van der Waals surface area (Å²) < 4.78 is 0. The molecule has 0 saturated carbocycles. The van der Waals surface area contributed by atoms with Gasteiger partial charge in [-0.3, -0.25) is 4.79 Å². The van der Waals surface area contributed by atoms with Crippen LogP contribution in [0.5, 0.6) is 0 Å². The Labute approximate surface area is 114 Å². The van der Waals surface area contributed by atoms with Crippen LogP contribution in [0.15, 0.2) is 18.2 Å². The van der Waals surface area contributed by atoms with Crippen LogP contribution in [0.1, 0.15) is 30.4 Å². The lowest BCUT2D eigenvalue weighted by Crippen LogP contribution is -2.31. The van der Waals surface area contributed by atoms with Crippen LogP contribution in [0, 0.1) is 12.8 Å². The molecule has 1 fully saturated rings. The zero-order valence-electron chi connectivity index (χ0n) is 10.8. The number of hydrogen-bond donors (Lipinski definition) is 1. The second kappa shape index (κ2) is 6.35. The number of piperidine rings is 1. The fourth-order valence-electron chi connectivity index (χ4n) is 2.50. The van der Waals surface area contributed by atoms with Crippen LogP contribution in [0.3, 0.4) is 0 Å². The predicted molar refractivity (Wildman–Crippen MR) is 75.1 cm³/mol. The number of halogens is 1. The molecule has 18 heavy (non-hydrogen) atoms. The van der Waals surface area contributed by atoms with Crippen molar-refractivity contribution in [1.82, 2.24) is 5.32 Å². The zero-order chi connectivity index (χ0) is 13.0. The Morgan fingerprint density at radius 3 is 3.00 bits per heavy atom. The van der Waals surface area contributed by atoms with E-state index in [0.29, 0.717) is 29.6 Å². The van der Waals surface area contributed by atoms with Crippen LogP contribution in [-0.2, 0) is 11.2 Å². The van der Waals surface area contributed by atoms with Crippen molar-refractivity contribution in [2.75, 3.05) is 13.1 Å². The molecule has 0 amide bonds. The fourth-order valence-corrected chi connectivity index (χ4v) is 2.80. The van der Waals surface area contributed by atoms with Gasteiger partial charge in [0.05, 0.1) is 0 Å². The molecule has 0 aliphatic carbocycles. The van der Waals surface area contributed by atoms with Gasteiger partial charge < -0.3 is 5.32 Å². The Bertz CT molecular complexity index is 425. The maximum Gasteiger partial charge on any atom is 0.137 e. The molecule has 1 atom stereocenters. The molecule has 0 radical (unpaired) electrons. The number of Topliss-reactive ketones (excluding diaryl/α,β-unsaturated/α-hetero) is 1. The molecule has 0 bridgehead atoms. The van der Waals surface area contributed by atoms with E-state index in [-0.39, 0.29) is 0 Å². The molecule has 1 aromatic carbocycles. The van der Waals surface area contributed by atoms with E-state index in [1.165, 1.54) is 12.8 Å². The van der Waals surface area contributed by atoms with Gasteiger partial charge in [-0.25, -0.2) is 0 Å². The van der Waals surface area contributed by atoms with E-state index >= 15 is 0 Å². The summed E-state index contributed by atoms with van der Waals surface area (Å²) in [4.78, 5) is 12.0. The van der Waals surface area contributed by atoms with Crippen molar-refractivity contribution in [1.29, 1.82) is 0 Å². The Morgan fingerprint density at radius 1 is 1.50 bits per heavy atom. The van der Waals surface area contributed by atoms with Crippen molar-refractivity contribution in [2.24, 2.45) is 5.92 Å². The first-order valence-corrected chi connectivity index (χ1v) is 7.00. The van der Waals surface area contributed by atoms with E-state index in [9.17, 15) is 4.79 Å². The van der Waals surface area contributed by atoms with Crippen molar-refractivity contribution in [2.45, 2.75) is 32.6 Å². The highest BCUT2D eigenvalue weighted by Crippen LogP contribution is 2.20. The predicted octanol–water partition coefficient (Wildman–Crippen LogP) is 3.15. The maximum atomic E-state index is 12.0. The van der Waals surface area contributed by atoms with Crippen LogP contribution in [-0.4, -0.2) is 18.9 Å². The van der Waals surface area contributed by atoms with Crippen molar-refractivity contribution in [3.05, 3.63) is 34.3 Å². The van der Waals surface area contributed by atoms with Gasteiger partial charge in [0.25, 0.3) is 0 Å². The third kappa shape index (κ3) is 3.82. The summed E-state index contributed by atoms with van der Waals surface area (Å²) in [6.45, 7) is 4.08. The number of ketones is 1. The normalized spacial score (nSPS) is 19.8. The molecule has 0 aromatic heterocycles. The van der Waals surface area contributed by atoms with E-state index in [2.05, 4.69) is 5.32 Å². The van der Waals surface area contributed by atoms with Gasteiger partial charge in [0.1, 0.15) is 5.78 Å². The minimum Gasteiger partial charge on any atom is -0.316 e. The molecule has 1 saturated heterocycles. The Balaban J connectivity index is 1.90. The highest BCUT2D eigenvalue weighted by Gasteiger charge is 2.17. The first-order valence-electron chi connectivity index (χ1n) is 6.62. The molecule has 1 N–H and O–H groups in total. The van der Waals surface area contributed by atoms with Gasteiger partial charge in [0.2, 0.25) is 0 Å². The maximum absolute atomic E-state index is 12.0. The molecule has 1 unspecified atom stereocenters. The van der Waals surface area contributed by atoms with Gasteiger partial charge in [-0.05, 0) is 56.0 Å². The minimum atomic E-state index is 0.300. The second-order valence-corrected chi connectivity index (χ2v) is 5.63. The first kappa shape index (κ1) is 13.6. The zero-order valence-corrected chi connectivity index (χ0v) is 11.6. The van der Waals surface area contributed by atoms with Gasteiger partial charge in [-0.1, -0.05) is 23.7 Å². The quantitative estimate of drug-likeness (QED) is 0.906. The molecular formula is C15H20ClNO. The van der Waals surface area contributed by atoms with E-state index in [1.807, 2.05) is 25.1 Å². The van der Waals surface area contributed by atoms with E-state index in [1.54, 1.807) is 0 Å². The summed E-state index contributed by atoms with van der Waals surface area (Å²) in [6.07, 6.45) is 3.50. The Kier molecular flexibility index (Phi) is 4.79. The standard InChI is InChI=1S/C15H20ClNO/c1-11-4-5-13(15(16)7-11)9-14(18)8-12-3-2-6-17-10-12/h4-5,7,12,17H,2-3,6,8-10H2,1H3. The van der Waals surface area contributed by atoms with Crippen LogP contribution < -0.4 is 5.32 Å². The fraction of sp³-hybridized carbons (Fsp3) is 0.533. The third-order valence-corrected chi connectivity index (χ3v) is 3.86. The summed E-state index contributed by atoms with van der Waals surface area (Å²) in [5.74, 6) is 0.810. The number of aryl methyl sites for hydroxylation is 1. The van der Waals surface area contributed by atoms with Gasteiger partial charge >= 0.3 is 0 Å². The largest absolute Gasteiger partial charge is 0.316 e. The summed E-state index contributed by atoms with van der Waals surface area (Å²) in [5, 5.41) is 4.06. The monoisotopic (exact) mass is 265 g/mol. The lowest BCUT2D eigenvalue weighted by molar-refractivity contribution is -0.119. The van der Waals surface area contributed by atoms with Gasteiger partial charge in [-0.2, -0.15) is 0 Å². The van der Waals surface area contributed by atoms with Gasteiger partial charge in [-0.15, -0.1) is 0 Å². The topological polar surface area (TPSA) is 29.1 Å². The smallest absolute Gasteiger partial charge is 0.137 e. The average Bonchev–Trinajstić information content (AvgIpc) is 2.34. The highest BCUT2D eigenvalue weighted by atomic mass is 35.5. The lowest BCUT2D eigenvalue weighted by Gasteiger charge is -2.22. The van der Waals surface area contributed by atoms with Crippen molar-refractivity contribution < 1.29 is 4.79 Å². The Hall–Kier alpha value is -0.860. The van der Waals surface area contributed by atoms with Gasteiger partial charge in [0.15, 0.2) is 0 Å². The van der Waals surface area contributed by atoms with E-state index in [0.717, 1.165) is 24.2 Å². The summed E-state index contributed by atoms with van der Waals surface area (Å²) in [7, 11) is 0. The van der Waals surface area contributed by atoms with E-state index in [4.69, 9.17) is 11.6 Å². The highest BCUT2D eigenvalue weighted by molar-refractivity contribution is 6.31. The Morgan fingerprint density at radius 2 is 2.33 bits per heavy atom.